The summed E-state index contributed by atoms with van der Waals surface area (Å²) in [6.07, 6.45) is 3.04. The molecule has 2 amide bonds. The molecular weight excluding hydrogens is 496 g/mol. The van der Waals surface area contributed by atoms with Crippen molar-refractivity contribution in [1.29, 1.82) is 0 Å². The molecule has 3 saturated heterocycles. The van der Waals surface area contributed by atoms with Crippen LogP contribution in [0, 0.1) is 17.8 Å². The smallest absolute Gasteiger partial charge is 0.312 e. The summed E-state index contributed by atoms with van der Waals surface area (Å²) >= 11 is 6.50. The molecule has 3 heterocycles. The molecule has 0 radical (unpaired) electrons. The lowest BCUT2D eigenvalue weighted by atomic mass is 9.66. The molecule has 1 N–H and O–H groups in total. The fourth-order valence-electron chi connectivity index (χ4n) is 6.70. The van der Waals surface area contributed by atoms with Crippen molar-refractivity contribution < 1.29 is 29.0 Å². The first-order valence-electron chi connectivity index (χ1n) is 13.0. The number of halogens is 1. The number of hydrogen-bond acceptors (Lipinski definition) is 6. The van der Waals surface area contributed by atoms with E-state index in [0.717, 1.165) is 0 Å². The number of rotatable bonds is 10. The van der Waals surface area contributed by atoms with E-state index in [0.29, 0.717) is 30.0 Å². The molecule has 4 rings (SSSR count). The summed E-state index contributed by atoms with van der Waals surface area (Å²) < 4.78 is 12.0. The fraction of sp³-hybridized carbons (Fsp3) is 0.607. The molecule has 202 valence electrons. The van der Waals surface area contributed by atoms with Gasteiger partial charge in [-0.25, -0.2) is 0 Å². The second-order valence-corrected chi connectivity index (χ2v) is 11.3. The van der Waals surface area contributed by atoms with Gasteiger partial charge in [0.2, 0.25) is 5.91 Å². The molecule has 6 atom stereocenters. The minimum Gasteiger partial charge on any atom is -0.466 e. The molecule has 0 aliphatic carbocycles. The molecular formula is C28H37ClN2O6. The van der Waals surface area contributed by atoms with Gasteiger partial charge in [-0.1, -0.05) is 43.7 Å². The number of para-hydroxylation sites is 1. The molecule has 1 aromatic carbocycles. The van der Waals surface area contributed by atoms with E-state index in [1.807, 2.05) is 20.8 Å². The number of hydrogen-bond donors (Lipinski definition) is 1. The predicted molar refractivity (Wildman–Crippen MR) is 140 cm³/mol. The maximum Gasteiger partial charge on any atom is 0.312 e. The lowest BCUT2D eigenvalue weighted by Crippen LogP contribution is -2.59. The van der Waals surface area contributed by atoms with Gasteiger partial charge in [-0.15, -0.1) is 6.58 Å². The number of likely N-dealkylation sites (tertiary alicyclic amines) is 1. The third kappa shape index (κ3) is 4.37. The van der Waals surface area contributed by atoms with Crippen LogP contribution in [0.25, 0.3) is 0 Å². The molecule has 37 heavy (non-hydrogen) atoms. The Balaban J connectivity index is 1.87. The van der Waals surface area contributed by atoms with Gasteiger partial charge in [0.25, 0.3) is 5.91 Å². The van der Waals surface area contributed by atoms with Crippen molar-refractivity contribution >= 4 is 35.1 Å². The number of esters is 1. The average molecular weight is 533 g/mol. The van der Waals surface area contributed by atoms with Crippen LogP contribution < -0.4 is 4.90 Å². The predicted octanol–water partition coefficient (Wildman–Crippen LogP) is 3.59. The number of carbonyl (C=O) groups is 3. The largest absolute Gasteiger partial charge is 0.466 e. The van der Waals surface area contributed by atoms with E-state index in [-0.39, 0.29) is 37.5 Å². The van der Waals surface area contributed by atoms with Crippen molar-refractivity contribution in [2.45, 2.75) is 70.2 Å². The first-order valence-corrected chi connectivity index (χ1v) is 13.4. The van der Waals surface area contributed by atoms with Crippen molar-refractivity contribution in [3.63, 3.8) is 0 Å². The average Bonchev–Trinajstić information content (AvgIpc) is 3.42. The van der Waals surface area contributed by atoms with Gasteiger partial charge < -0.3 is 24.4 Å². The van der Waals surface area contributed by atoms with Gasteiger partial charge >= 0.3 is 5.97 Å². The highest BCUT2D eigenvalue weighted by molar-refractivity contribution is 6.34. The van der Waals surface area contributed by atoms with Crippen LogP contribution in [0.4, 0.5) is 5.69 Å². The van der Waals surface area contributed by atoms with Gasteiger partial charge in [0.15, 0.2) is 0 Å². The molecule has 2 unspecified atom stereocenters. The molecule has 1 aromatic rings. The number of aliphatic hydroxyl groups excluding tert-OH is 1. The zero-order chi connectivity index (χ0) is 27.1. The van der Waals surface area contributed by atoms with E-state index in [9.17, 15) is 19.5 Å². The Hall–Kier alpha value is -2.42. The van der Waals surface area contributed by atoms with E-state index < -0.39 is 41.1 Å². The quantitative estimate of drug-likeness (QED) is 0.365. The van der Waals surface area contributed by atoms with Crippen LogP contribution in [0.3, 0.4) is 0 Å². The van der Waals surface area contributed by atoms with Crippen molar-refractivity contribution in [1.82, 2.24) is 4.90 Å². The first kappa shape index (κ1) is 27.6. The number of amides is 2. The molecule has 3 aliphatic rings. The van der Waals surface area contributed by atoms with Gasteiger partial charge in [0.05, 0.1) is 41.5 Å². The summed E-state index contributed by atoms with van der Waals surface area (Å²) in [7, 11) is 0. The Morgan fingerprint density at radius 1 is 1.35 bits per heavy atom. The number of nitrogens with zero attached hydrogens (tertiary/aromatic N) is 2. The van der Waals surface area contributed by atoms with E-state index in [1.54, 1.807) is 37.3 Å². The molecule has 1 spiro atoms. The summed E-state index contributed by atoms with van der Waals surface area (Å²) in [5.41, 5.74) is -1.64. The topological polar surface area (TPSA) is 96.4 Å². The number of anilines is 1. The Morgan fingerprint density at radius 3 is 2.65 bits per heavy atom. The number of carbonyl (C=O) groups excluding carboxylic acids is 3. The molecule has 8 nitrogen and oxygen atoms in total. The molecule has 3 aliphatic heterocycles. The van der Waals surface area contributed by atoms with Crippen LogP contribution in [0.5, 0.6) is 0 Å². The van der Waals surface area contributed by atoms with Crippen molar-refractivity contribution in [2.24, 2.45) is 17.8 Å². The fourth-order valence-corrected chi connectivity index (χ4v) is 6.94. The number of fused-ring (bicyclic) bond motifs is 1. The summed E-state index contributed by atoms with van der Waals surface area (Å²) in [5.74, 6) is -2.77. The molecule has 3 fully saturated rings. The van der Waals surface area contributed by atoms with Gasteiger partial charge in [0.1, 0.15) is 17.6 Å². The molecule has 0 aromatic heterocycles. The summed E-state index contributed by atoms with van der Waals surface area (Å²) in [6, 6.07) is 5.35. The van der Waals surface area contributed by atoms with E-state index in [4.69, 9.17) is 21.1 Å². The Bertz CT molecular complexity index is 1080. The number of ether oxygens (including phenoxy) is 2. The maximum atomic E-state index is 14.5. The third-order valence-corrected chi connectivity index (χ3v) is 8.38. The number of aliphatic hydroxyl groups is 1. The van der Waals surface area contributed by atoms with Crippen LogP contribution in [0.1, 0.15) is 47.0 Å². The van der Waals surface area contributed by atoms with Crippen LogP contribution >= 0.6 is 11.6 Å². The van der Waals surface area contributed by atoms with E-state index in [2.05, 4.69) is 6.58 Å². The van der Waals surface area contributed by atoms with Crippen LogP contribution in [0.2, 0.25) is 5.02 Å². The van der Waals surface area contributed by atoms with Gasteiger partial charge in [-0.2, -0.15) is 0 Å². The zero-order valence-electron chi connectivity index (χ0n) is 22.0. The minimum absolute atomic E-state index is 0.155. The van der Waals surface area contributed by atoms with Crippen LogP contribution in [0.15, 0.2) is 36.9 Å². The standard InChI is InChI=1S/C28H37ClN2O6/c1-6-14-30(20-11-9-8-10-19(20)29)25(34)23-28-13-12-27(5,37-28)22(26(35)36-7-2)21(28)24(33)31(23)18(16-32)15-17(3)4/h6,8-11,17-18,21-23,32H,1,7,12-16H2,2-5H3/t18-,21+,22-,23?,27+,28?/m1/s1. The minimum atomic E-state index is -1.22. The normalized spacial score (nSPS) is 30.9. The van der Waals surface area contributed by atoms with Gasteiger partial charge in [-0.3, -0.25) is 14.4 Å². The van der Waals surface area contributed by atoms with Crippen LogP contribution in [-0.4, -0.2) is 70.8 Å². The highest BCUT2D eigenvalue weighted by atomic mass is 35.5. The SMILES string of the molecule is C=CCN(C(=O)C1N([C@@H](CO)CC(C)C)C(=O)[C@@H]2[C@H](C(=O)OCC)[C@]3(C)CCC12O3)c1ccccc1Cl. The van der Waals surface area contributed by atoms with Crippen molar-refractivity contribution in [3.8, 4) is 0 Å². The summed E-state index contributed by atoms with van der Waals surface area (Å²) in [6.45, 7) is 11.4. The Kier molecular flexibility index (Phi) is 7.75. The summed E-state index contributed by atoms with van der Waals surface area (Å²) in [5, 5.41) is 10.8. The van der Waals surface area contributed by atoms with Crippen molar-refractivity contribution in [3.05, 3.63) is 41.9 Å². The highest BCUT2D eigenvalue weighted by Gasteiger charge is 2.79. The summed E-state index contributed by atoms with van der Waals surface area (Å²) in [4.78, 5) is 44.9. The van der Waals surface area contributed by atoms with E-state index in [1.165, 1.54) is 9.80 Å². The third-order valence-electron chi connectivity index (χ3n) is 8.06. The maximum absolute atomic E-state index is 14.5. The second kappa shape index (κ2) is 10.4. The van der Waals surface area contributed by atoms with Crippen molar-refractivity contribution in [2.75, 3.05) is 24.7 Å². The molecule has 9 heteroatoms. The Labute approximate surface area is 223 Å². The lowest BCUT2D eigenvalue weighted by molar-refractivity contribution is -0.160. The van der Waals surface area contributed by atoms with E-state index >= 15 is 0 Å². The highest BCUT2D eigenvalue weighted by Crippen LogP contribution is 2.64. The van der Waals surface area contributed by atoms with Gasteiger partial charge in [-0.05, 0) is 51.2 Å². The zero-order valence-corrected chi connectivity index (χ0v) is 22.7. The lowest BCUT2D eigenvalue weighted by Gasteiger charge is -2.40. The number of benzene rings is 1. The first-order chi connectivity index (χ1) is 17.6. The Morgan fingerprint density at radius 2 is 2.05 bits per heavy atom. The second-order valence-electron chi connectivity index (χ2n) is 10.9. The van der Waals surface area contributed by atoms with Crippen LogP contribution in [-0.2, 0) is 23.9 Å². The molecule has 2 bridgehead atoms. The van der Waals surface area contributed by atoms with Gasteiger partial charge in [0, 0.05) is 6.54 Å². The monoisotopic (exact) mass is 532 g/mol. The molecule has 0 saturated carbocycles.